The lowest BCUT2D eigenvalue weighted by Gasteiger charge is -2.24. The van der Waals surface area contributed by atoms with E-state index in [1.807, 2.05) is 0 Å². The third-order valence-electron chi connectivity index (χ3n) is 8.08. The SMILES string of the molecule is CC(C)(C)SSCCCCCC(=O)O[C@H]1[C@@H](O)[C@H](n2cnc3c(N)ncnc32)O[C@@H]1COP(=O)(O)O[C@H]1C[C@H](n2ccc(N)nc2=O)O[C@@H]1COP(=O)(O)O. The number of nitrogen functional groups attached to an aromatic ring is 2. The van der Waals surface area contributed by atoms with Gasteiger partial charge in [-0.05, 0) is 18.9 Å². The number of esters is 1. The van der Waals surface area contributed by atoms with Gasteiger partial charge in [-0.1, -0.05) is 48.8 Å². The molecule has 5 rings (SSSR count). The van der Waals surface area contributed by atoms with E-state index in [-0.39, 0.29) is 40.4 Å². The predicted octanol–water partition coefficient (Wildman–Crippen LogP) is 2.06. The second-order valence-corrected chi connectivity index (χ2v) is 19.4. The molecule has 0 radical (unpaired) electrons. The van der Waals surface area contributed by atoms with Crippen molar-refractivity contribution in [2.45, 2.75) is 101 Å². The number of hydrogen-bond donors (Lipinski definition) is 6. The summed E-state index contributed by atoms with van der Waals surface area (Å²) in [6.07, 6.45) is -3.88. The van der Waals surface area contributed by atoms with Crippen LogP contribution < -0.4 is 17.2 Å². The van der Waals surface area contributed by atoms with Gasteiger partial charge in [0.15, 0.2) is 23.8 Å². The van der Waals surface area contributed by atoms with Crippen molar-refractivity contribution < 1.29 is 61.5 Å². The molecule has 26 heteroatoms. The number of aromatic nitrogens is 6. The minimum atomic E-state index is -5.10. The molecule has 2 saturated heterocycles. The maximum absolute atomic E-state index is 13.4. The first-order valence-electron chi connectivity index (χ1n) is 16.9. The first kappa shape index (κ1) is 43.4. The fraction of sp³-hybridized carbons (Fsp3) is 0.655. The average molecular weight is 855 g/mol. The van der Waals surface area contributed by atoms with Crippen LogP contribution in [0.1, 0.15) is 65.3 Å². The zero-order chi connectivity index (χ0) is 40.1. The number of nitrogens with two attached hydrogens (primary N) is 2. The van der Waals surface area contributed by atoms with E-state index >= 15 is 0 Å². The van der Waals surface area contributed by atoms with Gasteiger partial charge in [0.05, 0.1) is 19.5 Å². The molecule has 0 bridgehead atoms. The van der Waals surface area contributed by atoms with Crippen molar-refractivity contribution in [2.24, 2.45) is 0 Å². The fourth-order valence-electron chi connectivity index (χ4n) is 5.64. The van der Waals surface area contributed by atoms with Gasteiger partial charge in [0.1, 0.15) is 48.3 Å². The maximum atomic E-state index is 13.4. The van der Waals surface area contributed by atoms with Crippen molar-refractivity contribution in [2.75, 3.05) is 30.4 Å². The summed E-state index contributed by atoms with van der Waals surface area (Å²) in [5, 5.41) is 11.4. The number of ether oxygens (including phenoxy) is 3. The summed E-state index contributed by atoms with van der Waals surface area (Å²) in [6.45, 7) is 4.83. The smallest absolute Gasteiger partial charge is 0.457 e. The van der Waals surface area contributed by atoms with Gasteiger partial charge < -0.3 is 45.5 Å². The third kappa shape index (κ3) is 12.2. The zero-order valence-electron chi connectivity index (χ0n) is 29.9. The number of aliphatic hydroxyl groups is 1. The number of nitrogens with zero attached hydrogens (tertiary/aromatic N) is 6. The van der Waals surface area contributed by atoms with Crippen molar-refractivity contribution >= 4 is 66.0 Å². The Labute approximate surface area is 322 Å². The van der Waals surface area contributed by atoms with Crippen molar-refractivity contribution in [3.63, 3.8) is 0 Å². The number of rotatable bonds is 18. The average Bonchev–Trinajstić information content (AvgIpc) is 3.77. The summed E-state index contributed by atoms with van der Waals surface area (Å²) < 4.78 is 59.9. The van der Waals surface area contributed by atoms with Crippen LogP contribution in [-0.2, 0) is 41.7 Å². The van der Waals surface area contributed by atoms with E-state index < -0.39 is 83.5 Å². The van der Waals surface area contributed by atoms with Crippen LogP contribution in [0.3, 0.4) is 0 Å². The molecule has 2 fully saturated rings. The van der Waals surface area contributed by atoms with Gasteiger partial charge >= 0.3 is 27.3 Å². The largest absolute Gasteiger partial charge is 0.472 e. The van der Waals surface area contributed by atoms with Crippen LogP contribution in [0.4, 0.5) is 11.6 Å². The minimum Gasteiger partial charge on any atom is -0.457 e. The van der Waals surface area contributed by atoms with Gasteiger partial charge in [-0.2, -0.15) is 4.98 Å². The number of phosphoric acid groups is 2. The Bertz CT molecular complexity index is 1950. The fourth-order valence-corrected chi connectivity index (χ4v) is 9.36. The molecule has 0 aromatic carbocycles. The van der Waals surface area contributed by atoms with Crippen molar-refractivity contribution in [1.29, 1.82) is 0 Å². The number of hydrogen-bond acceptors (Lipinski definition) is 19. The van der Waals surface area contributed by atoms with Gasteiger partial charge in [-0.25, -0.2) is 28.9 Å². The van der Waals surface area contributed by atoms with E-state index in [4.69, 9.17) is 34.7 Å². The molecule has 0 aliphatic carbocycles. The van der Waals surface area contributed by atoms with E-state index in [2.05, 4.69) is 45.2 Å². The molecular weight excluding hydrogens is 810 g/mol. The quantitative estimate of drug-likeness (QED) is 0.0461. The molecule has 8 atom stereocenters. The van der Waals surface area contributed by atoms with Crippen molar-refractivity contribution in [1.82, 2.24) is 29.1 Å². The van der Waals surface area contributed by atoms with Crippen LogP contribution in [-0.4, -0.2) is 109 Å². The van der Waals surface area contributed by atoms with Gasteiger partial charge in [0.2, 0.25) is 0 Å². The number of aliphatic hydroxyl groups excluding tert-OH is 1. The second kappa shape index (κ2) is 18.3. The number of imidazole rings is 1. The van der Waals surface area contributed by atoms with Gasteiger partial charge in [0, 0.05) is 29.5 Å². The van der Waals surface area contributed by atoms with Gasteiger partial charge in [-0.15, -0.1) is 0 Å². The summed E-state index contributed by atoms with van der Waals surface area (Å²) >= 11 is 0. The Morgan fingerprint density at radius 2 is 1.78 bits per heavy atom. The van der Waals surface area contributed by atoms with Crippen molar-refractivity contribution in [3.8, 4) is 0 Å². The molecule has 306 valence electrons. The van der Waals surface area contributed by atoms with Gasteiger partial charge in [-0.3, -0.25) is 27.5 Å². The normalized spacial score (nSPS) is 25.7. The lowest BCUT2D eigenvalue weighted by Crippen LogP contribution is -2.38. The standard InChI is InChI=1S/C29H44N8O14P2S2/c1-29(2,3)55-54-10-6-4-5-7-21(38)50-24-18(49-27(23(24)39)37-15-34-22-25(31)32-14-33-26(22)37)13-47-53(44,45)51-16-11-20(36-9-8-19(30)35-28(36)40)48-17(16)12-46-52(41,42)43/h8-9,14-18,20,23-24,27,39H,4-7,10-13H2,1-3H3,(H,44,45)(H2,30,35,40)(H2,31,32,33)(H2,41,42,43)/t16-,17+,18+,20+,23+,24+,27+/m0/s1. The van der Waals surface area contributed by atoms with Crippen LogP contribution >= 0.6 is 37.2 Å². The summed E-state index contributed by atoms with van der Waals surface area (Å²) in [7, 11) is -6.57. The second-order valence-electron chi connectivity index (χ2n) is 13.5. The topological polar surface area (TPSA) is 318 Å². The summed E-state index contributed by atoms with van der Waals surface area (Å²) in [5.74, 6) is 0.250. The highest BCUT2D eigenvalue weighted by atomic mass is 33.1. The lowest BCUT2D eigenvalue weighted by atomic mass is 10.1. The lowest BCUT2D eigenvalue weighted by molar-refractivity contribution is -0.156. The first-order chi connectivity index (χ1) is 25.8. The molecule has 2 aliphatic heterocycles. The van der Waals surface area contributed by atoms with E-state index in [1.165, 1.54) is 29.5 Å². The number of carbonyl (C=O) groups is 1. The summed E-state index contributed by atoms with van der Waals surface area (Å²) in [5.41, 5.74) is 11.1. The Morgan fingerprint density at radius 1 is 1.04 bits per heavy atom. The molecular formula is C29H44N8O14P2S2. The van der Waals surface area contributed by atoms with Crippen LogP contribution in [0.5, 0.6) is 0 Å². The summed E-state index contributed by atoms with van der Waals surface area (Å²) in [4.78, 5) is 70.6. The first-order valence-corrected chi connectivity index (χ1v) is 22.3. The summed E-state index contributed by atoms with van der Waals surface area (Å²) in [6, 6.07) is 1.30. The molecule has 3 aromatic heterocycles. The van der Waals surface area contributed by atoms with Crippen LogP contribution in [0, 0.1) is 0 Å². The Hall–Kier alpha value is -2.70. The number of carbonyl (C=O) groups excluding carboxylic acids is 1. The number of fused-ring (bicyclic) bond motifs is 1. The predicted molar refractivity (Wildman–Crippen MR) is 198 cm³/mol. The van der Waals surface area contributed by atoms with Crippen molar-refractivity contribution in [3.05, 3.63) is 35.4 Å². The zero-order valence-corrected chi connectivity index (χ0v) is 33.3. The number of anilines is 2. The van der Waals surface area contributed by atoms with Crippen LogP contribution in [0.25, 0.3) is 11.2 Å². The van der Waals surface area contributed by atoms with E-state index in [0.29, 0.717) is 6.42 Å². The highest BCUT2D eigenvalue weighted by molar-refractivity contribution is 8.77. The molecule has 0 amide bonds. The van der Waals surface area contributed by atoms with E-state index in [9.17, 15) is 38.5 Å². The monoisotopic (exact) mass is 854 g/mol. The molecule has 22 nitrogen and oxygen atoms in total. The Morgan fingerprint density at radius 3 is 2.49 bits per heavy atom. The van der Waals surface area contributed by atoms with Crippen LogP contribution in [0.2, 0.25) is 0 Å². The molecule has 1 unspecified atom stereocenters. The molecule has 5 heterocycles. The molecule has 0 spiro atoms. The molecule has 3 aromatic rings. The minimum absolute atomic E-state index is 0.0332. The third-order valence-corrected chi connectivity index (χ3v) is 13.0. The Kier molecular flexibility index (Phi) is 14.4. The maximum Gasteiger partial charge on any atom is 0.472 e. The molecule has 0 saturated carbocycles. The highest BCUT2D eigenvalue weighted by Gasteiger charge is 2.49. The van der Waals surface area contributed by atoms with Gasteiger partial charge in [0.25, 0.3) is 0 Å². The van der Waals surface area contributed by atoms with E-state index in [1.54, 1.807) is 21.6 Å². The Balaban J connectivity index is 1.27. The van der Waals surface area contributed by atoms with Crippen LogP contribution in [0.15, 0.2) is 29.7 Å². The van der Waals surface area contributed by atoms with E-state index in [0.717, 1.165) is 23.2 Å². The molecule has 2 aliphatic rings. The highest BCUT2D eigenvalue weighted by Crippen LogP contribution is 2.50. The molecule has 8 N–H and O–H groups in total. The number of phosphoric ester groups is 2. The molecule has 55 heavy (non-hydrogen) atoms. The number of unbranched alkanes of at least 4 members (excludes halogenated alkanes) is 2.